The number of pyridine rings is 1. The summed E-state index contributed by atoms with van der Waals surface area (Å²) in [4.78, 5) is 4.11. The summed E-state index contributed by atoms with van der Waals surface area (Å²) in [5, 5.41) is 0.728. The normalized spacial score (nSPS) is 10.6. The molecule has 1 aromatic heterocycles. The molecule has 0 aliphatic heterocycles. The fourth-order valence-corrected chi connectivity index (χ4v) is 1.96. The Balaban J connectivity index is 2.01. The van der Waals surface area contributed by atoms with E-state index >= 15 is 0 Å². The first kappa shape index (κ1) is 11.7. The van der Waals surface area contributed by atoms with Crippen LogP contribution in [0.4, 0.5) is 4.39 Å². The molecule has 3 rings (SSSR count). The van der Waals surface area contributed by atoms with Crippen molar-refractivity contribution in [1.29, 1.82) is 0 Å². The Bertz CT molecular complexity index is 740. The zero-order valence-corrected chi connectivity index (χ0v) is 10.4. The Kier molecular flexibility index (Phi) is 2.88. The minimum atomic E-state index is -0.319. The summed E-state index contributed by atoms with van der Waals surface area (Å²) in [6.07, 6.45) is 1.54. The van der Waals surface area contributed by atoms with Gasteiger partial charge in [-0.05, 0) is 30.7 Å². The molecule has 1 heterocycles. The third-order valence-corrected chi connectivity index (χ3v) is 2.96. The van der Waals surface area contributed by atoms with Crippen molar-refractivity contribution in [3.63, 3.8) is 0 Å². The molecule has 0 atom stereocenters. The highest BCUT2D eigenvalue weighted by Crippen LogP contribution is 2.27. The third-order valence-electron chi connectivity index (χ3n) is 2.96. The van der Waals surface area contributed by atoms with Gasteiger partial charge in [-0.15, -0.1) is 0 Å². The second-order valence-electron chi connectivity index (χ2n) is 4.35. The molecule has 0 unspecified atom stereocenters. The van der Waals surface area contributed by atoms with Gasteiger partial charge in [0.25, 0.3) is 0 Å². The van der Waals surface area contributed by atoms with Gasteiger partial charge in [-0.3, -0.25) is 0 Å². The van der Waals surface area contributed by atoms with Gasteiger partial charge in [0.05, 0.1) is 6.20 Å². The standard InChI is InChI=1S/C16H12FNO/c1-11-5-2-3-8-15(11)19-13-9-12-6-4-7-14(17)16(12)18-10-13/h2-10H,1H3. The van der Waals surface area contributed by atoms with Crippen LogP contribution in [0.25, 0.3) is 10.9 Å². The highest BCUT2D eigenvalue weighted by Gasteiger charge is 2.05. The lowest BCUT2D eigenvalue weighted by Crippen LogP contribution is -1.90. The van der Waals surface area contributed by atoms with Gasteiger partial charge in [0.1, 0.15) is 22.8 Å². The van der Waals surface area contributed by atoms with E-state index in [0.29, 0.717) is 11.3 Å². The number of aromatic nitrogens is 1. The molecule has 0 aliphatic carbocycles. The first-order chi connectivity index (χ1) is 9.24. The van der Waals surface area contributed by atoms with Gasteiger partial charge in [-0.2, -0.15) is 0 Å². The lowest BCUT2D eigenvalue weighted by molar-refractivity contribution is 0.477. The van der Waals surface area contributed by atoms with E-state index in [0.717, 1.165) is 16.7 Å². The number of fused-ring (bicyclic) bond motifs is 1. The average Bonchev–Trinajstić information content (AvgIpc) is 2.42. The number of benzene rings is 2. The van der Waals surface area contributed by atoms with Crippen molar-refractivity contribution in [1.82, 2.24) is 4.98 Å². The first-order valence-corrected chi connectivity index (χ1v) is 6.02. The zero-order valence-electron chi connectivity index (χ0n) is 10.4. The lowest BCUT2D eigenvalue weighted by atomic mass is 10.2. The number of hydrogen-bond acceptors (Lipinski definition) is 2. The number of rotatable bonds is 2. The highest BCUT2D eigenvalue weighted by atomic mass is 19.1. The number of nitrogens with zero attached hydrogens (tertiary/aromatic N) is 1. The molecule has 3 aromatic rings. The van der Waals surface area contributed by atoms with E-state index in [-0.39, 0.29) is 5.82 Å². The smallest absolute Gasteiger partial charge is 0.149 e. The van der Waals surface area contributed by atoms with Gasteiger partial charge in [0, 0.05) is 5.39 Å². The first-order valence-electron chi connectivity index (χ1n) is 6.02. The third kappa shape index (κ3) is 2.27. The molecule has 2 aromatic carbocycles. The molecule has 94 valence electrons. The lowest BCUT2D eigenvalue weighted by Gasteiger charge is -2.08. The predicted molar refractivity (Wildman–Crippen MR) is 73.0 cm³/mol. The molecule has 0 saturated carbocycles. The number of ether oxygens (including phenoxy) is 1. The topological polar surface area (TPSA) is 22.1 Å². The average molecular weight is 253 g/mol. The summed E-state index contributed by atoms with van der Waals surface area (Å²) in [5.41, 5.74) is 1.40. The van der Waals surface area contributed by atoms with Crippen molar-refractivity contribution in [2.45, 2.75) is 6.92 Å². The summed E-state index contributed by atoms with van der Waals surface area (Å²) in [6, 6.07) is 14.4. The van der Waals surface area contributed by atoms with Crippen LogP contribution >= 0.6 is 0 Å². The Morgan fingerprint density at radius 2 is 1.89 bits per heavy atom. The van der Waals surface area contributed by atoms with E-state index in [9.17, 15) is 4.39 Å². The minimum Gasteiger partial charge on any atom is -0.455 e. The minimum absolute atomic E-state index is 0.319. The van der Waals surface area contributed by atoms with E-state index in [4.69, 9.17) is 4.74 Å². The quantitative estimate of drug-likeness (QED) is 0.672. The largest absolute Gasteiger partial charge is 0.455 e. The molecule has 19 heavy (non-hydrogen) atoms. The Hall–Kier alpha value is -2.42. The highest BCUT2D eigenvalue weighted by molar-refractivity contribution is 5.80. The van der Waals surface area contributed by atoms with Crippen molar-refractivity contribution in [2.75, 3.05) is 0 Å². The van der Waals surface area contributed by atoms with E-state index < -0.39 is 0 Å². The maximum absolute atomic E-state index is 13.5. The summed E-state index contributed by atoms with van der Waals surface area (Å²) >= 11 is 0. The van der Waals surface area contributed by atoms with Gasteiger partial charge in [0.2, 0.25) is 0 Å². The van der Waals surface area contributed by atoms with Crippen LogP contribution in [0.1, 0.15) is 5.56 Å². The fraction of sp³-hybridized carbons (Fsp3) is 0.0625. The van der Waals surface area contributed by atoms with Crippen LogP contribution in [0.3, 0.4) is 0 Å². The zero-order chi connectivity index (χ0) is 13.2. The molecule has 0 amide bonds. The van der Waals surface area contributed by atoms with E-state index in [1.165, 1.54) is 12.3 Å². The van der Waals surface area contributed by atoms with Gasteiger partial charge < -0.3 is 4.74 Å². The molecule has 0 spiro atoms. The van der Waals surface area contributed by atoms with Crippen LogP contribution in [-0.2, 0) is 0 Å². The van der Waals surface area contributed by atoms with Crippen LogP contribution < -0.4 is 4.74 Å². The maximum atomic E-state index is 13.5. The summed E-state index contributed by atoms with van der Waals surface area (Å²) < 4.78 is 19.3. The van der Waals surface area contributed by atoms with Crippen LogP contribution in [0.5, 0.6) is 11.5 Å². The second kappa shape index (κ2) is 4.69. The molecule has 0 radical (unpaired) electrons. The number of hydrogen-bond donors (Lipinski definition) is 0. The summed E-state index contributed by atoms with van der Waals surface area (Å²) in [6.45, 7) is 1.98. The van der Waals surface area contributed by atoms with Crippen molar-refractivity contribution in [3.8, 4) is 11.5 Å². The number of aryl methyl sites for hydroxylation is 1. The van der Waals surface area contributed by atoms with Gasteiger partial charge in [-0.25, -0.2) is 9.37 Å². The Morgan fingerprint density at radius 1 is 1.05 bits per heavy atom. The van der Waals surface area contributed by atoms with Gasteiger partial charge in [0.15, 0.2) is 0 Å². The van der Waals surface area contributed by atoms with Gasteiger partial charge >= 0.3 is 0 Å². The fourth-order valence-electron chi connectivity index (χ4n) is 1.96. The molecular formula is C16H12FNO. The monoisotopic (exact) mass is 253 g/mol. The van der Waals surface area contributed by atoms with Gasteiger partial charge in [-0.1, -0.05) is 30.3 Å². The van der Waals surface area contributed by atoms with Crippen LogP contribution in [0.2, 0.25) is 0 Å². The summed E-state index contributed by atoms with van der Waals surface area (Å²) in [5.74, 6) is 1.06. The van der Waals surface area contributed by atoms with Crippen LogP contribution in [-0.4, -0.2) is 4.98 Å². The Labute approximate surface area is 110 Å². The molecule has 2 nitrogen and oxygen atoms in total. The van der Waals surface area contributed by atoms with Crippen LogP contribution in [0, 0.1) is 12.7 Å². The van der Waals surface area contributed by atoms with Crippen molar-refractivity contribution in [3.05, 3.63) is 66.1 Å². The van der Waals surface area contributed by atoms with Crippen molar-refractivity contribution < 1.29 is 9.13 Å². The molecule has 0 fully saturated rings. The van der Waals surface area contributed by atoms with Crippen LogP contribution in [0.15, 0.2) is 54.7 Å². The molecular weight excluding hydrogens is 241 g/mol. The predicted octanol–water partition coefficient (Wildman–Crippen LogP) is 4.47. The van der Waals surface area contributed by atoms with Crippen molar-refractivity contribution in [2.24, 2.45) is 0 Å². The molecule has 0 bridgehead atoms. The molecule has 0 saturated heterocycles. The maximum Gasteiger partial charge on any atom is 0.149 e. The van der Waals surface area contributed by atoms with E-state index in [1.807, 2.05) is 37.3 Å². The van der Waals surface area contributed by atoms with Crippen molar-refractivity contribution >= 4 is 10.9 Å². The molecule has 0 N–H and O–H groups in total. The number of halogens is 1. The summed E-state index contributed by atoms with van der Waals surface area (Å²) in [7, 11) is 0. The molecule has 3 heteroatoms. The van der Waals surface area contributed by atoms with E-state index in [2.05, 4.69) is 4.98 Å². The number of para-hydroxylation sites is 2. The Morgan fingerprint density at radius 3 is 2.74 bits per heavy atom. The molecule has 0 aliphatic rings. The SMILES string of the molecule is Cc1ccccc1Oc1cnc2c(F)cccc2c1. The second-order valence-corrected chi connectivity index (χ2v) is 4.35. The van der Waals surface area contributed by atoms with E-state index in [1.54, 1.807) is 12.1 Å².